The fourth-order valence-corrected chi connectivity index (χ4v) is 2.78. The highest BCUT2D eigenvalue weighted by atomic mass is 35.5. The van der Waals surface area contributed by atoms with Crippen LogP contribution in [0.2, 0.25) is 10.0 Å². The van der Waals surface area contributed by atoms with Crippen LogP contribution in [0.5, 0.6) is 5.75 Å². The normalized spacial score (nSPS) is 11.3. The smallest absolute Gasteiger partial charge is 0.115 e. The van der Waals surface area contributed by atoms with Crippen LogP contribution in [0.4, 0.5) is 5.69 Å². The summed E-state index contributed by atoms with van der Waals surface area (Å²) in [5, 5.41) is 9.91. The van der Waals surface area contributed by atoms with Gasteiger partial charge in [0.15, 0.2) is 0 Å². The zero-order valence-corrected chi connectivity index (χ0v) is 16.1. The van der Waals surface area contributed by atoms with Crippen LogP contribution in [0.3, 0.4) is 0 Å². The second-order valence-electron chi connectivity index (χ2n) is 5.63. The number of aromatic hydroxyl groups is 1. The van der Waals surface area contributed by atoms with Gasteiger partial charge in [0.25, 0.3) is 0 Å². The fraction of sp³-hybridized carbons (Fsp3) is 0.150. The summed E-state index contributed by atoms with van der Waals surface area (Å²) in [6, 6.07) is 11.8. The molecular formula is C20H21Cl2N3O2. The fourth-order valence-electron chi connectivity index (χ4n) is 2.25. The largest absolute Gasteiger partial charge is 0.508 e. The molecule has 142 valence electrons. The molecule has 1 heterocycles. The van der Waals surface area contributed by atoms with E-state index in [0.717, 1.165) is 5.56 Å². The lowest BCUT2D eigenvalue weighted by Gasteiger charge is -2.19. The minimum Gasteiger partial charge on any atom is -0.508 e. The summed E-state index contributed by atoms with van der Waals surface area (Å²) in [5.41, 5.74) is 6.89. The number of hydrogen-bond acceptors (Lipinski definition) is 4. The molecule has 0 aliphatic carbocycles. The highest BCUT2D eigenvalue weighted by Crippen LogP contribution is 2.29. The van der Waals surface area contributed by atoms with E-state index in [1.165, 1.54) is 0 Å². The van der Waals surface area contributed by atoms with Crippen LogP contribution in [0, 0.1) is 0 Å². The number of nitrogen functional groups attached to an aromatic ring is 1. The number of nitrogens with two attached hydrogens (primary N) is 1. The average Bonchev–Trinajstić information content (AvgIpc) is 3.15. The summed E-state index contributed by atoms with van der Waals surface area (Å²) in [6.45, 7) is 4.75. The Morgan fingerprint density at radius 2 is 1.96 bits per heavy atom. The molecule has 0 saturated heterocycles. The lowest BCUT2D eigenvalue weighted by atomic mass is 10.1. The van der Waals surface area contributed by atoms with Crippen molar-refractivity contribution in [1.29, 1.82) is 0 Å². The van der Waals surface area contributed by atoms with Gasteiger partial charge in [-0.3, -0.25) is 0 Å². The van der Waals surface area contributed by atoms with E-state index in [4.69, 9.17) is 38.8 Å². The molecule has 0 aliphatic heterocycles. The summed E-state index contributed by atoms with van der Waals surface area (Å²) >= 11 is 12.1. The van der Waals surface area contributed by atoms with Gasteiger partial charge in [-0.1, -0.05) is 35.3 Å². The first-order valence-corrected chi connectivity index (χ1v) is 8.93. The average molecular weight is 406 g/mol. The van der Waals surface area contributed by atoms with Crippen molar-refractivity contribution in [2.45, 2.75) is 12.6 Å². The van der Waals surface area contributed by atoms with Crippen LogP contribution in [-0.4, -0.2) is 21.3 Å². The number of halogens is 2. The number of aromatic nitrogens is 2. The van der Waals surface area contributed by atoms with E-state index in [1.54, 1.807) is 55.0 Å². The minimum absolute atomic E-state index is 0.169. The third-order valence-electron chi connectivity index (χ3n) is 3.55. The molecule has 0 bridgehead atoms. The van der Waals surface area contributed by atoms with Gasteiger partial charge in [0.05, 0.1) is 19.5 Å². The molecule has 3 N–H and O–H groups in total. The lowest BCUT2D eigenvalue weighted by Crippen LogP contribution is -2.12. The number of rotatable bonds is 6. The summed E-state index contributed by atoms with van der Waals surface area (Å²) in [7, 11) is 0. The Kier molecular flexibility index (Phi) is 8.20. The molecule has 7 heteroatoms. The molecule has 2 aromatic carbocycles. The van der Waals surface area contributed by atoms with Gasteiger partial charge < -0.3 is 20.1 Å². The van der Waals surface area contributed by atoms with Gasteiger partial charge in [0.2, 0.25) is 0 Å². The number of benzene rings is 2. The topological polar surface area (TPSA) is 73.3 Å². The molecule has 1 aromatic heterocycles. The highest BCUT2D eigenvalue weighted by molar-refractivity contribution is 6.35. The Morgan fingerprint density at radius 1 is 1.22 bits per heavy atom. The first kappa shape index (κ1) is 20.8. The molecule has 3 rings (SSSR count). The van der Waals surface area contributed by atoms with Crippen molar-refractivity contribution >= 4 is 28.9 Å². The van der Waals surface area contributed by atoms with Crippen molar-refractivity contribution in [3.63, 3.8) is 0 Å². The van der Waals surface area contributed by atoms with Crippen molar-refractivity contribution in [3.05, 3.63) is 89.4 Å². The second-order valence-corrected chi connectivity index (χ2v) is 6.47. The molecular weight excluding hydrogens is 385 g/mol. The summed E-state index contributed by atoms with van der Waals surface area (Å²) in [6.07, 6.45) is 6.90. The van der Waals surface area contributed by atoms with Crippen molar-refractivity contribution in [1.82, 2.24) is 9.55 Å². The predicted molar refractivity (Wildman–Crippen MR) is 110 cm³/mol. The zero-order chi connectivity index (χ0) is 19.6. The highest BCUT2D eigenvalue weighted by Gasteiger charge is 2.16. The summed E-state index contributed by atoms with van der Waals surface area (Å²) in [5.74, 6) is 0.249. The van der Waals surface area contributed by atoms with Crippen LogP contribution in [-0.2, 0) is 11.3 Å². The summed E-state index contributed by atoms with van der Waals surface area (Å²) < 4.78 is 7.72. The lowest BCUT2D eigenvalue weighted by molar-refractivity contribution is 0.0608. The molecule has 27 heavy (non-hydrogen) atoms. The van der Waals surface area contributed by atoms with Crippen LogP contribution < -0.4 is 5.73 Å². The van der Waals surface area contributed by atoms with Gasteiger partial charge in [-0.15, -0.1) is 6.58 Å². The standard InChI is InChI=1S/C14H14Cl2N2O.C6H7NO/c1-2-7-19-14(9-18-6-5-17-10-18)12-4-3-11(15)8-13(12)16;7-5-1-3-6(8)4-2-5/h2-6,8,10,14H,1,7,9H2;1-4,8H,7H2. The number of anilines is 1. The van der Waals surface area contributed by atoms with E-state index in [9.17, 15) is 0 Å². The van der Waals surface area contributed by atoms with Crippen LogP contribution in [0.1, 0.15) is 11.7 Å². The number of hydrogen-bond donors (Lipinski definition) is 2. The quantitative estimate of drug-likeness (QED) is 0.339. The third-order valence-corrected chi connectivity index (χ3v) is 4.12. The van der Waals surface area contributed by atoms with E-state index in [0.29, 0.717) is 28.9 Å². The molecule has 0 radical (unpaired) electrons. The molecule has 0 fully saturated rings. The Balaban J connectivity index is 0.000000273. The Morgan fingerprint density at radius 3 is 2.52 bits per heavy atom. The molecule has 3 aromatic rings. The van der Waals surface area contributed by atoms with Gasteiger partial charge in [0.1, 0.15) is 11.9 Å². The maximum absolute atomic E-state index is 8.70. The first-order valence-electron chi connectivity index (χ1n) is 8.17. The van der Waals surface area contributed by atoms with Gasteiger partial charge in [0, 0.05) is 33.7 Å². The van der Waals surface area contributed by atoms with E-state index >= 15 is 0 Å². The van der Waals surface area contributed by atoms with E-state index in [1.807, 2.05) is 16.8 Å². The Labute approximate surface area is 168 Å². The molecule has 0 amide bonds. The van der Waals surface area contributed by atoms with Crippen LogP contribution in [0.15, 0.2) is 73.8 Å². The maximum atomic E-state index is 8.70. The van der Waals surface area contributed by atoms with Crippen LogP contribution in [0.25, 0.3) is 0 Å². The van der Waals surface area contributed by atoms with E-state index in [2.05, 4.69) is 11.6 Å². The minimum atomic E-state index is -0.169. The number of phenolic OH excluding ortho intramolecular Hbond substituents is 1. The van der Waals surface area contributed by atoms with Gasteiger partial charge in [-0.2, -0.15) is 0 Å². The van der Waals surface area contributed by atoms with Crippen LogP contribution >= 0.6 is 23.2 Å². The summed E-state index contributed by atoms with van der Waals surface area (Å²) in [4.78, 5) is 4.02. The Bertz CT molecular complexity index is 816. The first-order chi connectivity index (χ1) is 13.0. The molecule has 0 aliphatic rings. The maximum Gasteiger partial charge on any atom is 0.115 e. The molecule has 0 saturated carbocycles. The van der Waals surface area contributed by atoms with E-state index < -0.39 is 0 Å². The molecule has 0 spiro atoms. The molecule has 1 unspecified atom stereocenters. The molecule has 1 atom stereocenters. The predicted octanol–water partition coefficient (Wildman–Crippen LogP) is 5.11. The van der Waals surface area contributed by atoms with Crippen molar-refractivity contribution in [3.8, 4) is 5.75 Å². The number of nitrogens with zero attached hydrogens (tertiary/aromatic N) is 2. The van der Waals surface area contributed by atoms with Crippen molar-refractivity contribution in [2.24, 2.45) is 0 Å². The van der Waals surface area contributed by atoms with Crippen molar-refractivity contribution < 1.29 is 9.84 Å². The van der Waals surface area contributed by atoms with Gasteiger partial charge in [-0.25, -0.2) is 4.98 Å². The van der Waals surface area contributed by atoms with E-state index in [-0.39, 0.29) is 11.9 Å². The second kappa shape index (κ2) is 10.6. The molecule has 5 nitrogen and oxygen atoms in total. The van der Waals surface area contributed by atoms with Gasteiger partial charge in [-0.05, 0) is 36.4 Å². The van der Waals surface area contributed by atoms with Gasteiger partial charge >= 0.3 is 0 Å². The third kappa shape index (κ3) is 6.98. The Hall–Kier alpha value is -2.47. The number of ether oxygens (including phenoxy) is 1. The SMILES string of the molecule is C=CCOC(Cn1ccnc1)c1ccc(Cl)cc1Cl.Nc1ccc(O)cc1. The monoisotopic (exact) mass is 405 g/mol. The van der Waals surface area contributed by atoms with Crippen molar-refractivity contribution in [2.75, 3.05) is 12.3 Å². The zero-order valence-electron chi connectivity index (χ0n) is 14.6. The number of phenols is 1. The number of imidazole rings is 1.